The minimum atomic E-state index is -3.91. The van der Waals surface area contributed by atoms with Gasteiger partial charge in [0, 0.05) is 25.6 Å². The number of methoxy groups -OCH3 is 1. The summed E-state index contributed by atoms with van der Waals surface area (Å²) >= 11 is 0. The molecule has 1 fully saturated rings. The van der Waals surface area contributed by atoms with Crippen molar-refractivity contribution in [2.24, 2.45) is 0 Å². The molecular weight excluding hydrogens is 488 g/mol. The number of hydrogen-bond acceptors (Lipinski definition) is 6. The van der Waals surface area contributed by atoms with Gasteiger partial charge < -0.3 is 18.7 Å². The van der Waals surface area contributed by atoms with Gasteiger partial charge in [0.15, 0.2) is 0 Å². The zero-order chi connectivity index (χ0) is 26.7. The number of ether oxygens (including phenoxy) is 1. The van der Waals surface area contributed by atoms with Crippen molar-refractivity contribution in [3.05, 3.63) is 54.1 Å². The monoisotopic (exact) mass is 530 g/mol. The number of nitrogens with zero attached hydrogens (tertiary/aromatic N) is 2. The predicted molar refractivity (Wildman–Crippen MR) is 147 cm³/mol. The molecule has 8 heteroatoms. The molecule has 0 radical (unpaired) electrons. The van der Waals surface area contributed by atoms with Crippen molar-refractivity contribution in [1.29, 1.82) is 0 Å². The summed E-state index contributed by atoms with van der Waals surface area (Å²) in [5.74, 6) is 1.20. The fourth-order valence-corrected chi connectivity index (χ4v) is 5.73. The lowest BCUT2D eigenvalue weighted by Gasteiger charge is -2.29. The standard InChI is InChI=1S/C29H42N2O5S/c1-4-19-30(20-8-9-22-31-21-7-5-6-10-29(31)32)24(2)23-25-11-13-27(14-12-25)36-37(33,34)28-17-15-26(35-3)16-18-28/h11-18,24H,4-10,19-23H2,1-3H3. The van der Waals surface area contributed by atoms with Gasteiger partial charge in [-0.2, -0.15) is 8.42 Å². The Bertz CT molecular complexity index is 1070. The fraction of sp³-hybridized carbons (Fsp3) is 0.552. The highest BCUT2D eigenvalue weighted by atomic mass is 32.2. The third-order valence-corrected chi connectivity index (χ3v) is 8.20. The summed E-state index contributed by atoms with van der Waals surface area (Å²) < 4.78 is 35.6. The van der Waals surface area contributed by atoms with Crippen LogP contribution in [0.2, 0.25) is 0 Å². The number of carbonyl (C=O) groups excluding carboxylic acids is 1. The molecule has 2 aromatic carbocycles. The highest BCUT2D eigenvalue weighted by molar-refractivity contribution is 7.87. The zero-order valence-corrected chi connectivity index (χ0v) is 23.3. The van der Waals surface area contributed by atoms with Gasteiger partial charge >= 0.3 is 10.1 Å². The molecule has 1 aliphatic rings. The van der Waals surface area contributed by atoms with Crippen LogP contribution in [0.15, 0.2) is 53.4 Å². The lowest BCUT2D eigenvalue weighted by atomic mass is 10.0. The normalized spacial score (nSPS) is 15.5. The van der Waals surface area contributed by atoms with E-state index in [-0.39, 0.29) is 4.90 Å². The Hall–Kier alpha value is -2.58. The molecule has 1 amide bonds. The van der Waals surface area contributed by atoms with Gasteiger partial charge in [-0.15, -0.1) is 0 Å². The van der Waals surface area contributed by atoms with Gasteiger partial charge in [0.2, 0.25) is 5.91 Å². The van der Waals surface area contributed by atoms with E-state index in [1.807, 2.05) is 12.1 Å². The van der Waals surface area contributed by atoms with Crippen LogP contribution >= 0.6 is 0 Å². The number of likely N-dealkylation sites (tertiary alicyclic amines) is 1. The van der Waals surface area contributed by atoms with Crippen molar-refractivity contribution >= 4 is 16.0 Å². The third kappa shape index (κ3) is 9.04. The summed E-state index contributed by atoms with van der Waals surface area (Å²) in [4.78, 5) is 16.9. The van der Waals surface area contributed by atoms with Gasteiger partial charge in [0.25, 0.3) is 0 Å². The summed E-state index contributed by atoms with van der Waals surface area (Å²) in [5.41, 5.74) is 1.14. The minimum Gasteiger partial charge on any atom is -0.497 e. The van der Waals surface area contributed by atoms with Crippen molar-refractivity contribution in [3.8, 4) is 11.5 Å². The number of unbranched alkanes of at least 4 members (excludes halogenated alkanes) is 1. The molecule has 1 heterocycles. The number of benzene rings is 2. The van der Waals surface area contributed by atoms with Gasteiger partial charge in [0.1, 0.15) is 16.4 Å². The molecule has 0 saturated carbocycles. The molecule has 1 aliphatic heterocycles. The quantitative estimate of drug-likeness (QED) is 0.244. The van der Waals surface area contributed by atoms with Crippen molar-refractivity contribution in [2.75, 3.05) is 33.3 Å². The minimum absolute atomic E-state index is 0.0846. The van der Waals surface area contributed by atoms with E-state index in [1.54, 1.807) is 24.3 Å². The Morgan fingerprint density at radius 3 is 2.32 bits per heavy atom. The Labute approximate surface area is 222 Å². The average Bonchev–Trinajstić information content (AvgIpc) is 3.10. The molecule has 0 aliphatic carbocycles. The molecule has 1 atom stereocenters. The second-order valence-corrected chi connectivity index (χ2v) is 11.4. The number of rotatable bonds is 14. The van der Waals surface area contributed by atoms with Crippen LogP contribution in [0.5, 0.6) is 11.5 Å². The van der Waals surface area contributed by atoms with E-state index in [9.17, 15) is 13.2 Å². The van der Waals surface area contributed by atoms with Crippen LogP contribution < -0.4 is 8.92 Å². The van der Waals surface area contributed by atoms with Crippen LogP contribution in [0.1, 0.15) is 64.4 Å². The summed E-state index contributed by atoms with van der Waals surface area (Å²) in [6.07, 6.45) is 8.09. The van der Waals surface area contributed by atoms with Crippen LogP contribution in [-0.4, -0.2) is 63.5 Å². The first kappa shape index (κ1) is 29.0. The number of carbonyl (C=O) groups is 1. The van der Waals surface area contributed by atoms with Crippen molar-refractivity contribution in [2.45, 2.75) is 76.2 Å². The first-order chi connectivity index (χ1) is 17.8. The Balaban J connectivity index is 1.49. The van der Waals surface area contributed by atoms with Crippen LogP contribution in [0.25, 0.3) is 0 Å². The van der Waals surface area contributed by atoms with Crippen molar-refractivity contribution in [3.63, 3.8) is 0 Å². The molecule has 7 nitrogen and oxygen atoms in total. The molecule has 1 saturated heterocycles. The molecule has 0 spiro atoms. The summed E-state index contributed by atoms with van der Waals surface area (Å²) in [6.45, 7) is 8.27. The molecule has 2 aromatic rings. The molecule has 3 rings (SSSR count). The number of amides is 1. The number of hydrogen-bond donors (Lipinski definition) is 0. The second-order valence-electron chi connectivity index (χ2n) is 9.84. The maximum atomic E-state index is 12.6. The van der Waals surface area contributed by atoms with E-state index in [2.05, 4.69) is 23.6 Å². The summed E-state index contributed by atoms with van der Waals surface area (Å²) in [5, 5.41) is 0. The first-order valence-corrected chi connectivity index (χ1v) is 14.9. The average molecular weight is 531 g/mol. The van der Waals surface area contributed by atoms with E-state index in [4.69, 9.17) is 8.92 Å². The molecule has 204 valence electrons. The molecule has 37 heavy (non-hydrogen) atoms. The van der Waals surface area contributed by atoms with E-state index < -0.39 is 10.1 Å². The van der Waals surface area contributed by atoms with Crippen molar-refractivity contribution < 1.29 is 22.1 Å². The highest BCUT2D eigenvalue weighted by Crippen LogP contribution is 2.22. The summed E-state index contributed by atoms with van der Waals surface area (Å²) in [6, 6.07) is 13.8. The zero-order valence-electron chi connectivity index (χ0n) is 22.5. The maximum Gasteiger partial charge on any atom is 0.339 e. The van der Waals surface area contributed by atoms with Crippen LogP contribution in [0.4, 0.5) is 0 Å². The lowest BCUT2D eigenvalue weighted by Crippen LogP contribution is -2.37. The fourth-order valence-electron chi connectivity index (χ4n) is 4.80. The van der Waals surface area contributed by atoms with E-state index in [0.717, 1.165) is 76.7 Å². The predicted octanol–water partition coefficient (Wildman–Crippen LogP) is 5.29. The Morgan fingerprint density at radius 2 is 1.65 bits per heavy atom. The molecule has 0 bridgehead atoms. The Kier molecular flexibility index (Phi) is 11.3. The lowest BCUT2D eigenvalue weighted by molar-refractivity contribution is -0.130. The van der Waals surface area contributed by atoms with Gasteiger partial charge in [-0.05, 0) is 100 Å². The Morgan fingerprint density at radius 1 is 0.946 bits per heavy atom. The summed E-state index contributed by atoms with van der Waals surface area (Å²) in [7, 11) is -2.38. The van der Waals surface area contributed by atoms with Crippen LogP contribution in [0, 0.1) is 0 Å². The molecule has 0 N–H and O–H groups in total. The molecule has 0 aromatic heterocycles. The SMILES string of the molecule is CCCN(CCCCN1CCCCCC1=O)C(C)Cc1ccc(OS(=O)(=O)c2ccc(OC)cc2)cc1. The van der Waals surface area contributed by atoms with E-state index in [0.29, 0.717) is 29.9 Å². The smallest absolute Gasteiger partial charge is 0.339 e. The topological polar surface area (TPSA) is 76.2 Å². The van der Waals surface area contributed by atoms with Gasteiger partial charge in [-0.25, -0.2) is 0 Å². The third-order valence-electron chi connectivity index (χ3n) is 6.94. The van der Waals surface area contributed by atoms with Crippen LogP contribution in [-0.2, 0) is 21.3 Å². The molecular formula is C29H42N2O5S. The van der Waals surface area contributed by atoms with Gasteiger partial charge in [0.05, 0.1) is 7.11 Å². The van der Waals surface area contributed by atoms with Crippen LogP contribution in [0.3, 0.4) is 0 Å². The highest BCUT2D eigenvalue weighted by Gasteiger charge is 2.19. The van der Waals surface area contributed by atoms with E-state index in [1.165, 1.54) is 19.2 Å². The maximum absolute atomic E-state index is 12.6. The first-order valence-electron chi connectivity index (χ1n) is 13.5. The second kappa shape index (κ2) is 14.4. The van der Waals surface area contributed by atoms with Crippen molar-refractivity contribution in [1.82, 2.24) is 9.80 Å². The van der Waals surface area contributed by atoms with E-state index >= 15 is 0 Å². The van der Waals surface area contributed by atoms with Gasteiger partial charge in [-0.3, -0.25) is 4.79 Å². The largest absolute Gasteiger partial charge is 0.497 e. The van der Waals surface area contributed by atoms with Gasteiger partial charge in [-0.1, -0.05) is 25.5 Å². The molecule has 1 unspecified atom stereocenters.